The second kappa shape index (κ2) is 12.3. The van der Waals surface area contributed by atoms with Crippen LogP contribution in [0.25, 0.3) is 0 Å². The summed E-state index contributed by atoms with van der Waals surface area (Å²) < 4.78 is 10.6. The van der Waals surface area contributed by atoms with Gasteiger partial charge < -0.3 is 19.7 Å². The van der Waals surface area contributed by atoms with Gasteiger partial charge in [-0.2, -0.15) is 0 Å². The molecule has 0 spiro atoms. The maximum absolute atomic E-state index is 8.85. The quantitative estimate of drug-likeness (QED) is 0.533. The standard InChI is InChI=1S/C12H20O4.4CH4/c13-6-2-1-3-9(12-8-15-12)4-5-10-11(7-14)16-10;;;;/h1-2,9-14H,3-8H2;4*1H4/b2-1+;;;;. The summed E-state index contributed by atoms with van der Waals surface area (Å²) in [4.78, 5) is 0. The van der Waals surface area contributed by atoms with E-state index in [2.05, 4.69) is 0 Å². The molecule has 4 nitrogen and oxygen atoms in total. The molecule has 0 saturated carbocycles. The molecule has 0 aromatic carbocycles. The zero-order valence-electron chi connectivity index (χ0n) is 9.42. The number of rotatable bonds is 8. The monoisotopic (exact) mass is 292 g/mol. The van der Waals surface area contributed by atoms with Gasteiger partial charge in [0, 0.05) is 0 Å². The van der Waals surface area contributed by atoms with Crippen LogP contribution >= 0.6 is 0 Å². The first kappa shape index (κ1) is 24.6. The summed E-state index contributed by atoms with van der Waals surface area (Å²) in [6.07, 6.45) is 7.56. The fourth-order valence-corrected chi connectivity index (χ4v) is 2.10. The Labute approximate surface area is 125 Å². The highest BCUT2D eigenvalue weighted by Crippen LogP contribution is 2.33. The first-order valence-electron chi connectivity index (χ1n) is 5.99. The van der Waals surface area contributed by atoms with Crippen LogP contribution < -0.4 is 0 Å². The molecule has 0 amide bonds. The Kier molecular flexibility index (Phi) is 15.2. The minimum Gasteiger partial charge on any atom is -0.394 e. The zero-order chi connectivity index (χ0) is 11.4. The number of epoxide rings is 2. The predicted octanol–water partition coefficient (Wildman–Crippen LogP) is 3.02. The highest BCUT2D eigenvalue weighted by Gasteiger charge is 2.39. The lowest BCUT2D eigenvalue weighted by Crippen LogP contribution is -2.10. The Hall–Kier alpha value is -0.420. The van der Waals surface area contributed by atoms with Crippen LogP contribution in [0.2, 0.25) is 0 Å². The van der Waals surface area contributed by atoms with Gasteiger partial charge in [0.15, 0.2) is 0 Å². The Balaban J connectivity index is -0.000000722. The normalized spacial score (nSPS) is 27.4. The van der Waals surface area contributed by atoms with Crippen LogP contribution in [0.15, 0.2) is 12.2 Å². The van der Waals surface area contributed by atoms with Gasteiger partial charge in [0.2, 0.25) is 0 Å². The van der Waals surface area contributed by atoms with Crippen LogP contribution in [0.4, 0.5) is 0 Å². The minimum absolute atomic E-state index is 0. The molecule has 20 heavy (non-hydrogen) atoms. The van der Waals surface area contributed by atoms with E-state index < -0.39 is 0 Å². The molecule has 0 aromatic rings. The third-order valence-electron chi connectivity index (χ3n) is 3.29. The zero-order valence-corrected chi connectivity index (χ0v) is 9.42. The van der Waals surface area contributed by atoms with Crippen LogP contribution in [-0.2, 0) is 9.47 Å². The van der Waals surface area contributed by atoms with Crippen molar-refractivity contribution in [2.75, 3.05) is 19.8 Å². The lowest BCUT2D eigenvalue weighted by atomic mass is 9.94. The van der Waals surface area contributed by atoms with E-state index in [4.69, 9.17) is 19.7 Å². The maximum Gasteiger partial charge on any atom is 0.107 e. The van der Waals surface area contributed by atoms with Crippen molar-refractivity contribution in [2.45, 2.75) is 67.3 Å². The van der Waals surface area contributed by atoms with E-state index in [-0.39, 0.29) is 55.1 Å². The second-order valence-electron chi connectivity index (χ2n) is 4.49. The van der Waals surface area contributed by atoms with Crippen molar-refractivity contribution in [1.29, 1.82) is 0 Å². The average molecular weight is 292 g/mol. The molecule has 4 unspecified atom stereocenters. The van der Waals surface area contributed by atoms with E-state index in [9.17, 15) is 0 Å². The van der Waals surface area contributed by atoms with Crippen LogP contribution in [0.5, 0.6) is 0 Å². The Bertz CT molecular complexity index is 239. The van der Waals surface area contributed by atoms with Crippen molar-refractivity contribution in [3.05, 3.63) is 12.2 Å². The number of aliphatic hydroxyl groups excluding tert-OH is 2. The van der Waals surface area contributed by atoms with Crippen molar-refractivity contribution in [2.24, 2.45) is 5.92 Å². The fourth-order valence-electron chi connectivity index (χ4n) is 2.10. The molecular weight excluding hydrogens is 256 g/mol. The van der Waals surface area contributed by atoms with E-state index in [0.717, 1.165) is 25.9 Å². The summed E-state index contributed by atoms with van der Waals surface area (Å²) in [5.74, 6) is 0.534. The van der Waals surface area contributed by atoms with Gasteiger partial charge >= 0.3 is 0 Å². The molecule has 2 saturated heterocycles. The van der Waals surface area contributed by atoms with Gasteiger partial charge in [-0.15, -0.1) is 0 Å². The van der Waals surface area contributed by atoms with Crippen LogP contribution in [0.3, 0.4) is 0 Å². The van der Waals surface area contributed by atoms with Gasteiger partial charge in [-0.1, -0.05) is 41.9 Å². The number of ether oxygens (including phenoxy) is 2. The molecule has 4 atom stereocenters. The molecule has 2 N–H and O–H groups in total. The van der Waals surface area contributed by atoms with Gasteiger partial charge in [-0.3, -0.25) is 0 Å². The summed E-state index contributed by atoms with van der Waals surface area (Å²) in [5, 5.41) is 17.5. The Morgan fingerprint density at radius 1 is 1.05 bits per heavy atom. The van der Waals surface area contributed by atoms with Crippen molar-refractivity contribution in [1.82, 2.24) is 0 Å². The highest BCUT2D eigenvalue weighted by atomic mass is 16.6. The Morgan fingerprint density at radius 2 is 1.70 bits per heavy atom. The van der Waals surface area contributed by atoms with Crippen molar-refractivity contribution in [3.8, 4) is 0 Å². The second-order valence-corrected chi connectivity index (χ2v) is 4.49. The summed E-state index contributed by atoms with van der Waals surface area (Å²) >= 11 is 0. The third-order valence-corrected chi connectivity index (χ3v) is 3.29. The molecule has 2 aliphatic heterocycles. The van der Waals surface area contributed by atoms with Gasteiger partial charge in [-0.25, -0.2) is 0 Å². The maximum atomic E-state index is 8.85. The smallest absolute Gasteiger partial charge is 0.107 e. The van der Waals surface area contributed by atoms with Crippen molar-refractivity contribution in [3.63, 3.8) is 0 Å². The van der Waals surface area contributed by atoms with E-state index in [0.29, 0.717) is 12.0 Å². The highest BCUT2D eigenvalue weighted by molar-refractivity contribution is 4.91. The van der Waals surface area contributed by atoms with E-state index in [1.807, 2.05) is 6.08 Å². The lowest BCUT2D eigenvalue weighted by Gasteiger charge is -2.10. The minimum atomic E-state index is 0. The first-order chi connectivity index (χ1) is 7.85. The fraction of sp³-hybridized carbons (Fsp3) is 0.875. The topological polar surface area (TPSA) is 65.5 Å². The predicted molar refractivity (Wildman–Crippen MR) is 86.0 cm³/mol. The molecule has 2 heterocycles. The number of aliphatic hydroxyl groups is 2. The third kappa shape index (κ3) is 8.00. The van der Waals surface area contributed by atoms with Crippen LogP contribution in [-0.4, -0.2) is 48.3 Å². The molecule has 0 radical (unpaired) electrons. The van der Waals surface area contributed by atoms with E-state index in [1.165, 1.54) is 0 Å². The Morgan fingerprint density at radius 3 is 2.15 bits per heavy atom. The SMILES string of the molecule is C.C.C.C.OC/C=C/CC(CCC1OC1CO)C1CO1. The van der Waals surface area contributed by atoms with E-state index in [1.54, 1.807) is 6.08 Å². The molecule has 0 aliphatic carbocycles. The molecule has 2 aliphatic rings. The molecular formula is C16H36O4. The molecule has 0 bridgehead atoms. The molecule has 0 aromatic heterocycles. The average Bonchev–Trinajstić information content (AvgIpc) is 3.16. The van der Waals surface area contributed by atoms with Crippen molar-refractivity contribution < 1.29 is 19.7 Å². The summed E-state index contributed by atoms with van der Waals surface area (Å²) in [6.45, 7) is 1.11. The molecule has 2 rings (SSSR count). The lowest BCUT2D eigenvalue weighted by molar-refractivity contribution is 0.240. The van der Waals surface area contributed by atoms with Gasteiger partial charge in [0.1, 0.15) is 6.10 Å². The molecule has 4 heteroatoms. The molecule has 124 valence electrons. The van der Waals surface area contributed by atoms with Gasteiger partial charge in [0.05, 0.1) is 32.0 Å². The van der Waals surface area contributed by atoms with Gasteiger partial charge in [-0.05, 0) is 25.2 Å². The van der Waals surface area contributed by atoms with E-state index >= 15 is 0 Å². The summed E-state index contributed by atoms with van der Waals surface area (Å²) in [6, 6.07) is 0. The number of hydrogen-bond acceptors (Lipinski definition) is 4. The first-order valence-corrected chi connectivity index (χ1v) is 5.99. The largest absolute Gasteiger partial charge is 0.394 e. The van der Waals surface area contributed by atoms with Crippen LogP contribution in [0.1, 0.15) is 49.0 Å². The summed E-state index contributed by atoms with van der Waals surface area (Å²) in [5.41, 5.74) is 0. The molecule has 2 fully saturated rings. The van der Waals surface area contributed by atoms with Gasteiger partial charge in [0.25, 0.3) is 0 Å². The number of hydrogen-bond donors (Lipinski definition) is 2. The summed E-state index contributed by atoms with van der Waals surface area (Å²) in [7, 11) is 0. The number of allylic oxidation sites excluding steroid dienone is 1. The van der Waals surface area contributed by atoms with Crippen molar-refractivity contribution >= 4 is 0 Å². The van der Waals surface area contributed by atoms with Crippen LogP contribution in [0, 0.1) is 5.92 Å².